The number of carbonyl (C=O) groups is 1. The van der Waals surface area contributed by atoms with Gasteiger partial charge >= 0.3 is 5.97 Å². The molecule has 3 aliphatic heterocycles. The van der Waals surface area contributed by atoms with Crippen LogP contribution >= 0.6 is 0 Å². The number of hydrogen-bond donors (Lipinski definition) is 3. The summed E-state index contributed by atoms with van der Waals surface area (Å²) in [5.74, 6) is -0.509. The Hall–Kier alpha value is -0.950. The first-order chi connectivity index (χ1) is 14.0. The van der Waals surface area contributed by atoms with Crippen LogP contribution in [0.5, 0.6) is 0 Å². The van der Waals surface area contributed by atoms with Gasteiger partial charge in [0.05, 0.1) is 12.0 Å². The molecule has 0 radical (unpaired) electrons. The molecule has 9 bridgehead atoms. The number of fused-ring (bicyclic) bond motifs is 1. The van der Waals surface area contributed by atoms with Crippen molar-refractivity contribution in [3.8, 4) is 0 Å². The lowest BCUT2D eigenvalue weighted by molar-refractivity contribution is -0.303. The molecule has 9 rings (SSSR count). The molecule has 164 valence electrons. The first kappa shape index (κ1) is 18.6. The summed E-state index contributed by atoms with van der Waals surface area (Å²) >= 11 is 0. The Balaban J connectivity index is 1.47. The first-order valence-corrected chi connectivity index (χ1v) is 11.8. The summed E-state index contributed by atoms with van der Waals surface area (Å²) in [6, 6.07) is 0.150. The molecular weight excluding hydrogens is 382 g/mol. The van der Waals surface area contributed by atoms with E-state index in [1.807, 2.05) is 13.8 Å². The molecular formula is C24H33NO5. The standard InChI is InChI=1S/C24H33NO5/c1-11(2)18(27)30-17-12(3)23(28)8-13-15-21-7-5-6-20(4)10-25(15)24(29,19(20)21)9-22(13,17)14(21)16(23)26/h11,13-17,19,26,28-29H,3,5-10H2,1-2,4H3/t13-,14-,15+,16+,17-,19+,20-,21-,22+,23-,24-/m0/s1. The summed E-state index contributed by atoms with van der Waals surface area (Å²) in [6.45, 7) is 11.0. The molecule has 9 aliphatic rings. The second-order valence-corrected chi connectivity index (χ2v) is 12.4. The summed E-state index contributed by atoms with van der Waals surface area (Å²) < 4.78 is 6.09. The molecule has 3 saturated heterocycles. The molecule has 6 aliphatic carbocycles. The van der Waals surface area contributed by atoms with Gasteiger partial charge in [-0.05, 0) is 41.6 Å². The number of esters is 1. The number of piperidine rings is 2. The van der Waals surface area contributed by atoms with E-state index in [9.17, 15) is 20.1 Å². The van der Waals surface area contributed by atoms with E-state index in [2.05, 4.69) is 18.4 Å². The molecule has 6 nitrogen and oxygen atoms in total. The van der Waals surface area contributed by atoms with E-state index in [0.717, 1.165) is 25.8 Å². The molecule has 0 aromatic carbocycles. The molecule has 0 amide bonds. The van der Waals surface area contributed by atoms with E-state index >= 15 is 0 Å². The molecule has 30 heavy (non-hydrogen) atoms. The van der Waals surface area contributed by atoms with Gasteiger partial charge in [-0.1, -0.05) is 33.8 Å². The van der Waals surface area contributed by atoms with E-state index < -0.39 is 28.9 Å². The van der Waals surface area contributed by atoms with Crippen LogP contribution in [0, 0.1) is 39.9 Å². The summed E-state index contributed by atoms with van der Waals surface area (Å²) in [4.78, 5) is 15.1. The van der Waals surface area contributed by atoms with E-state index in [-0.39, 0.29) is 46.5 Å². The summed E-state index contributed by atoms with van der Waals surface area (Å²) in [5.41, 5.74) is -2.56. The van der Waals surface area contributed by atoms with Crippen molar-refractivity contribution >= 4 is 5.97 Å². The van der Waals surface area contributed by atoms with E-state index in [1.54, 1.807) is 0 Å². The Labute approximate surface area is 177 Å². The molecule has 12 atom stereocenters. The molecule has 3 N–H and O–H groups in total. The summed E-state index contributed by atoms with van der Waals surface area (Å²) in [5, 5.41) is 35.6. The van der Waals surface area contributed by atoms with Crippen molar-refractivity contribution in [3.05, 3.63) is 12.2 Å². The van der Waals surface area contributed by atoms with Gasteiger partial charge in [0.2, 0.25) is 0 Å². The maximum atomic E-state index is 12.7. The van der Waals surface area contributed by atoms with E-state index in [1.165, 1.54) is 0 Å². The van der Waals surface area contributed by atoms with Gasteiger partial charge in [-0.25, -0.2) is 0 Å². The second-order valence-electron chi connectivity index (χ2n) is 12.4. The van der Waals surface area contributed by atoms with Gasteiger partial charge < -0.3 is 20.1 Å². The number of aliphatic hydroxyl groups excluding tert-OH is 1. The Morgan fingerprint density at radius 2 is 2.00 bits per heavy atom. The lowest BCUT2D eigenvalue weighted by Gasteiger charge is -2.69. The third-order valence-corrected chi connectivity index (χ3v) is 11.2. The monoisotopic (exact) mass is 415 g/mol. The predicted octanol–water partition coefficient (Wildman–Crippen LogP) is 1.43. The molecule has 0 aromatic heterocycles. The lowest BCUT2D eigenvalue weighted by Crippen LogP contribution is -2.77. The normalized spacial score (nSPS) is 65.7. The number of hydrogen-bond acceptors (Lipinski definition) is 6. The largest absolute Gasteiger partial charge is 0.457 e. The Morgan fingerprint density at radius 3 is 2.70 bits per heavy atom. The van der Waals surface area contributed by atoms with Crippen molar-refractivity contribution in [1.82, 2.24) is 4.90 Å². The van der Waals surface area contributed by atoms with Crippen molar-refractivity contribution in [3.63, 3.8) is 0 Å². The highest BCUT2D eigenvalue weighted by Gasteiger charge is 2.95. The van der Waals surface area contributed by atoms with Crippen LogP contribution in [0.15, 0.2) is 12.2 Å². The van der Waals surface area contributed by atoms with Gasteiger partial charge in [-0.3, -0.25) is 9.69 Å². The predicted molar refractivity (Wildman–Crippen MR) is 107 cm³/mol. The van der Waals surface area contributed by atoms with Crippen LogP contribution < -0.4 is 0 Å². The van der Waals surface area contributed by atoms with Gasteiger partial charge in [-0.15, -0.1) is 0 Å². The third kappa shape index (κ3) is 1.44. The molecule has 2 spiro atoms. The van der Waals surface area contributed by atoms with Crippen LogP contribution in [0.3, 0.4) is 0 Å². The Bertz CT molecular complexity index is 919. The number of aliphatic hydroxyl groups is 3. The smallest absolute Gasteiger partial charge is 0.308 e. The van der Waals surface area contributed by atoms with Gasteiger partial charge in [-0.2, -0.15) is 0 Å². The Morgan fingerprint density at radius 1 is 1.27 bits per heavy atom. The number of ether oxygens (including phenoxy) is 1. The van der Waals surface area contributed by atoms with E-state index in [0.29, 0.717) is 18.4 Å². The molecule has 1 unspecified atom stereocenters. The third-order valence-electron chi connectivity index (χ3n) is 11.2. The maximum Gasteiger partial charge on any atom is 0.308 e. The fourth-order valence-electron chi connectivity index (χ4n) is 10.9. The van der Waals surface area contributed by atoms with Crippen molar-refractivity contribution < 1.29 is 24.9 Å². The fraction of sp³-hybridized carbons (Fsp3) is 0.875. The van der Waals surface area contributed by atoms with Gasteiger partial charge in [0.15, 0.2) is 0 Å². The SMILES string of the molecule is C=C1[C@H](OC(=O)C(C)C)[C@@]23C[C@]4(O)[C@@H]5[C@@]6(C)CCC[C@@]57[C@@H]2[C@@H](O)[C@]1(O)C[C@H]3[C@H]7N4C6. The topological polar surface area (TPSA) is 90.2 Å². The molecule has 9 fully saturated rings. The summed E-state index contributed by atoms with van der Waals surface area (Å²) in [6.07, 6.45) is 2.60. The number of carbonyl (C=O) groups excluding carboxylic acids is 1. The van der Waals surface area contributed by atoms with Crippen LogP contribution in [0.2, 0.25) is 0 Å². The van der Waals surface area contributed by atoms with Crippen LogP contribution in [-0.2, 0) is 9.53 Å². The zero-order valence-electron chi connectivity index (χ0n) is 18.1. The van der Waals surface area contributed by atoms with Gasteiger partial charge in [0, 0.05) is 36.3 Å². The van der Waals surface area contributed by atoms with Crippen molar-refractivity contribution in [1.29, 1.82) is 0 Å². The molecule has 0 aromatic rings. The molecule has 3 heterocycles. The zero-order chi connectivity index (χ0) is 21.2. The lowest BCUT2D eigenvalue weighted by atomic mass is 9.38. The highest BCUT2D eigenvalue weighted by atomic mass is 16.5. The average molecular weight is 416 g/mol. The minimum atomic E-state index is -1.41. The van der Waals surface area contributed by atoms with Crippen molar-refractivity contribution in [2.45, 2.75) is 82.5 Å². The van der Waals surface area contributed by atoms with Gasteiger partial charge in [0.25, 0.3) is 0 Å². The maximum absolute atomic E-state index is 12.7. The second kappa shape index (κ2) is 4.70. The Kier molecular flexibility index (Phi) is 2.92. The minimum Gasteiger partial charge on any atom is -0.457 e. The zero-order valence-corrected chi connectivity index (χ0v) is 18.1. The highest BCUT2D eigenvalue weighted by molar-refractivity contribution is 5.72. The highest BCUT2D eigenvalue weighted by Crippen LogP contribution is 2.89. The molecule has 6 saturated carbocycles. The number of rotatable bonds is 2. The van der Waals surface area contributed by atoms with Crippen molar-refractivity contribution in [2.75, 3.05) is 6.54 Å². The summed E-state index contributed by atoms with van der Waals surface area (Å²) in [7, 11) is 0. The fourth-order valence-corrected chi connectivity index (χ4v) is 10.9. The van der Waals surface area contributed by atoms with Crippen LogP contribution in [0.4, 0.5) is 0 Å². The molecule has 6 heteroatoms. The van der Waals surface area contributed by atoms with Crippen LogP contribution in [-0.4, -0.2) is 62.3 Å². The quantitative estimate of drug-likeness (QED) is 0.467. The van der Waals surface area contributed by atoms with Crippen LogP contribution in [0.1, 0.15) is 52.9 Å². The first-order valence-electron chi connectivity index (χ1n) is 11.8. The number of nitrogens with zero attached hydrogens (tertiary/aromatic N) is 1. The minimum absolute atomic E-state index is 0.0469. The van der Waals surface area contributed by atoms with Crippen molar-refractivity contribution in [2.24, 2.45) is 39.9 Å². The van der Waals surface area contributed by atoms with Gasteiger partial charge in [0.1, 0.15) is 17.4 Å². The van der Waals surface area contributed by atoms with E-state index in [4.69, 9.17) is 4.74 Å². The van der Waals surface area contributed by atoms with Crippen LogP contribution in [0.25, 0.3) is 0 Å². The average Bonchev–Trinajstić information content (AvgIpc) is 3.03.